The maximum Gasteiger partial charge on any atom is 0.311 e. The molecule has 0 fully saturated rings. The Morgan fingerprint density at radius 1 is 1.44 bits per heavy atom. The second-order valence-electron chi connectivity index (χ2n) is 3.21. The van der Waals surface area contributed by atoms with Crippen LogP contribution in [-0.4, -0.2) is 30.9 Å². The van der Waals surface area contributed by atoms with E-state index in [-0.39, 0.29) is 12.2 Å². The first-order valence-corrected chi connectivity index (χ1v) is 4.57. The van der Waals surface area contributed by atoms with Gasteiger partial charge in [0.1, 0.15) is 24.3 Å². The van der Waals surface area contributed by atoms with Crippen molar-refractivity contribution in [2.24, 2.45) is 0 Å². The second-order valence-corrected chi connectivity index (χ2v) is 3.21. The lowest BCUT2D eigenvalue weighted by molar-refractivity contribution is -0.136. The molecule has 0 aliphatic heterocycles. The van der Waals surface area contributed by atoms with Crippen molar-refractivity contribution in [3.8, 4) is 11.4 Å². The third-order valence-electron chi connectivity index (χ3n) is 2.04. The molecule has 0 atom stereocenters. The molecule has 2 aromatic rings. The number of nitrogens with zero attached hydrogens (tertiary/aromatic N) is 3. The molecule has 82 valence electrons. The van der Waals surface area contributed by atoms with E-state index < -0.39 is 5.97 Å². The van der Waals surface area contributed by atoms with Crippen molar-refractivity contribution in [3.63, 3.8) is 0 Å². The fourth-order valence-electron chi connectivity index (χ4n) is 1.37. The van der Waals surface area contributed by atoms with Crippen LogP contribution in [0, 0.1) is 0 Å². The fraction of sp³-hybridized carbons (Fsp3) is 0.100. The molecule has 0 bridgehead atoms. The molecule has 0 aliphatic carbocycles. The largest absolute Gasteiger partial charge is 0.508 e. The Balaban J connectivity index is 2.40. The lowest BCUT2D eigenvalue weighted by Gasteiger charge is -2.04. The zero-order chi connectivity index (χ0) is 11.5. The number of phenols is 1. The number of aromatic hydroxyl groups is 1. The van der Waals surface area contributed by atoms with E-state index in [2.05, 4.69) is 10.2 Å². The summed E-state index contributed by atoms with van der Waals surface area (Å²) in [5.41, 5.74) is 0.626. The predicted molar refractivity (Wildman–Crippen MR) is 54.4 cm³/mol. The maximum absolute atomic E-state index is 10.6. The van der Waals surface area contributed by atoms with Crippen LogP contribution < -0.4 is 0 Å². The number of carboxylic acids is 1. The van der Waals surface area contributed by atoms with Gasteiger partial charge >= 0.3 is 5.97 Å². The van der Waals surface area contributed by atoms with E-state index in [1.807, 2.05) is 0 Å². The van der Waals surface area contributed by atoms with Gasteiger partial charge in [-0.15, -0.1) is 10.2 Å². The van der Waals surface area contributed by atoms with Gasteiger partial charge in [0.05, 0.1) is 5.69 Å². The third kappa shape index (κ3) is 2.00. The Morgan fingerprint density at radius 2 is 2.25 bits per heavy atom. The molecule has 6 heteroatoms. The van der Waals surface area contributed by atoms with Crippen LogP contribution in [0.25, 0.3) is 5.69 Å². The highest BCUT2D eigenvalue weighted by atomic mass is 16.4. The van der Waals surface area contributed by atoms with E-state index in [0.29, 0.717) is 11.5 Å². The summed E-state index contributed by atoms with van der Waals surface area (Å²) < 4.78 is 1.52. The number of hydrogen-bond acceptors (Lipinski definition) is 4. The molecule has 16 heavy (non-hydrogen) atoms. The van der Waals surface area contributed by atoms with Crippen LogP contribution in [0.5, 0.6) is 5.75 Å². The summed E-state index contributed by atoms with van der Waals surface area (Å²) in [7, 11) is 0. The third-order valence-corrected chi connectivity index (χ3v) is 2.04. The van der Waals surface area contributed by atoms with Gasteiger partial charge in [-0.25, -0.2) is 0 Å². The Bertz CT molecular complexity index is 522. The summed E-state index contributed by atoms with van der Waals surface area (Å²) >= 11 is 0. The van der Waals surface area contributed by atoms with Crippen LogP contribution in [0.15, 0.2) is 30.6 Å². The van der Waals surface area contributed by atoms with Gasteiger partial charge in [-0.1, -0.05) is 6.07 Å². The van der Waals surface area contributed by atoms with Crippen LogP contribution >= 0.6 is 0 Å². The highest BCUT2D eigenvalue weighted by Crippen LogP contribution is 2.16. The SMILES string of the molecule is O=C(O)Cc1nncn1-c1cccc(O)c1. The monoisotopic (exact) mass is 219 g/mol. The van der Waals surface area contributed by atoms with E-state index in [4.69, 9.17) is 5.11 Å². The molecule has 0 radical (unpaired) electrons. The molecular formula is C10H9N3O3. The number of aliphatic carboxylic acids is 1. The number of rotatable bonds is 3. The lowest BCUT2D eigenvalue weighted by atomic mass is 10.3. The van der Waals surface area contributed by atoms with Crippen LogP contribution in [0.3, 0.4) is 0 Å². The number of phenolic OH excluding ortho intramolecular Hbond substituents is 1. The van der Waals surface area contributed by atoms with E-state index in [1.54, 1.807) is 12.1 Å². The summed E-state index contributed by atoms with van der Waals surface area (Å²) in [6.45, 7) is 0. The molecule has 0 saturated carbocycles. The molecule has 0 spiro atoms. The quantitative estimate of drug-likeness (QED) is 0.789. The highest BCUT2D eigenvalue weighted by molar-refractivity contribution is 5.69. The van der Waals surface area contributed by atoms with Gasteiger partial charge in [-0.05, 0) is 12.1 Å². The Morgan fingerprint density at radius 3 is 2.94 bits per heavy atom. The Hall–Kier alpha value is -2.37. The van der Waals surface area contributed by atoms with Gasteiger partial charge < -0.3 is 10.2 Å². The first-order valence-electron chi connectivity index (χ1n) is 4.57. The first kappa shape index (κ1) is 10.2. The average molecular weight is 219 g/mol. The zero-order valence-electron chi connectivity index (χ0n) is 8.24. The minimum absolute atomic E-state index is 0.104. The number of hydrogen-bond donors (Lipinski definition) is 2. The van der Waals surface area contributed by atoms with Gasteiger partial charge in [-0.2, -0.15) is 0 Å². The topological polar surface area (TPSA) is 88.2 Å². The molecule has 1 heterocycles. The van der Waals surface area contributed by atoms with Crippen molar-refractivity contribution in [2.75, 3.05) is 0 Å². The second kappa shape index (κ2) is 4.01. The maximum atomic E-state index is 10.6. The van der Waals surface area contributed by atoms with Crippen LogP contribution in [0.1, 0.15) is 5.82 Å². The molecule has 0 saturated heterocycles. The molecule has 6 nitrogen and oxygen atoms in total. The fourth-order valence-corrected chi connectivity index (χ4v) is 1.37. The number of benzene rings is 1. The van der Waals surface area contributed by atoms with Crippen LogP contribution in [-0.2, 0) is 11.2 Å². The summed E-state index contributed by atoms with van der Waals surface area (Å²) in [6, 6.07) is 6.43. The minimum atomic E-state index is -0.977. The van der Waals surface area contributed by atoms with Gasteiger partial charge in [0.2, 0.25) is 0 Å². The van der Waals surface area contributed by atoms with Gasteiger partial charge in [0.15, 0.2) is 0 Å². The number of carbonyl (C=O) groups is 1. The molecule has 0 amide bonds. The van der Waals surface area contributed by atoms with Gasteiger partial charge in [0, 0.05) is 6.07 Å². The smallest absolute Gasteiger partial charge is 0.311 e. The van der Waals surface area contributed by atoms with Crippen molar-refractivity contribution in [1.29, 1.82) is 0 Å². The normalized spacial score (nSPS) is 10.2. The standard InChI is InChI=1S/C10H9N3O3/c14-8-3-1-2-7(4-8)13-6-11-12-9(13)5-10(15)16/h1-4,6,14H,5H2,(H,15,16). The molecule has 0 aliphatic rings. The molecule has 2 N–H and O–H groups in total. The van der Waals surface area contributed by atoms with Gasteiger partial charge in [0.25, 0.3) is 0 Å². The Kier molecular flexibility index (Phi) is 2.55. The summed E-state index contributed by atoms with van der Waals surface area (Å²) in [5.74, 6) is -0.556. The van der Waals surface area contributed by atoms with Crippen molar-refractivity contribution in [2.45, 2.75) is 6.42 Å². The predicted octanol–water partition coefficient (Wildman–Crippen LogP) is 0.600. The molecule has 0 unspecified atom stereocenters. The minimum Gasteiger partial charge on any atom is -0.508 e. The van der Waals surface area contributed by atoms with E-state index in [0.717, 1.165) is 0 Å². The Labute approximate surface area is 90.8 Å². The van der Waals surface area contributed by atoms with Gasteiger partial charge in [-0.3, -0.25) is 9.36 Å². The molecule has 1 aromatic heterocycles. The number of aromatic nitrogens is 3. The summed E-state index contributed by atoms with van der Waals surface area (Å²) in [4.78, 5) is 10.6. The molecule has 1 aromatic carbocycles. The van der Waals surface area contributed by atoms with Crippen molar-refractivity contribution in [1.82, 2.24) is 14.8 Å². The van der Waals surface area contributed by atoms with E-state index in [1.165, 1.54) is 23.0 Å². The zero-order valence-corrected chi connectivity index (χ0v) is 8.24. The molecular weight excluding hydrogens is 210 g/mol. The summed E-state index contributed by atoms with van der Waals surface area (Å²) in [5, 5.41) is 25.4. The average Bonchev–Trinajstić information content (AvgIpc) is 2.65. The summed E-state index contributed by atoms with van der Waals surface area (Å²) in [6.07, 6.45) is 1.20. The van der Waals surface area contributed by atoms with Crippen LogP contribution in [0.4, 0.5) is 0 Å². The van der Waals surface area contributed by atoms with E-state index >= 15 is 0 Å². The lowest BCUT2D eigenvalue weighted by Crippen LogP contribution is -2.07. The van der Waals surface area contributed by atoms with Crippen molar-refractivity contribution >= 4 is 5.97 Å². The van der Waals surface area contributed by atoms with Crippen LogP contribution in [0.2, 0.25) is 0 Å². The number of carboxylic acid groups (broad SMARTS) is 1. The first-order chi connectivity index (χ1) is 7.66. The van der Waals surface area contributed by atoms with Crippen molar-refractivity contribution < 1.29 is 15.0 Å². The van der Waals surface area contributed by atoms with Crippen molar-refractivity contribution in [3.05, 3.63) is 36.4 Å². The van der Waals surface area contributed by atoms with E-state index in [9.17, 15) is 9.90 Å². The molecule has 2 rings (SSSR count). The highest BCUT2D eigenvalue weighted by Gasteiger charge is 2.10.